The molecule has 112 valence electrons. The Morgan fingerprint density at radius 3 is 2.43 bits per heavy atom. The van der Waals surface area contributed by atoms with Crippen molar-refractivity contribution < 1.29 is 18.3 Å². The summed E-state index contributed by atoms with van der Waals surface area (Å²) in [5.41, 5.74) is 1.29. The summed E-state index contributed by atoms with van der Waals surface area (Å²) in [6, 6.07) is 6.29. The van der Waals surface area contributed by atoms with Gasteiger partial charge >= 0.3 is 5.97 Å². The smallest absolute Gasteiger partial charge is 0.345 e. The van der Waals surface area contributed by atoms with E-state index in [1.54, 1.807) is 12.1 Å². The molecule has 0 amide bonds. The number of benzene rings is 1. The maximum absolute atomic E-state index is 12.3. The van der Waals surface area contributed by atoms with Crippen molar-refractivity contribution in [1.82, 2.24) is 0 Å². The van der Waals surface area contributed by atoms with Gasteiger partial charge in [-0.1, -0.05) is 15.9 Å². The number of sulfonamides is 1. The molecule has 0 fully saturated rings. The summed E-state index contributed by atoms with van der Waals surface area (Å²) in [6.07, 6.45) is 0. The van der Waals surface area contributed by atoms with Crippen LogP contribution in [0, 0.1) is 6.92 Å². The number of rotatable bonds is 4. The van der Waals surface area contributed by atoms with Crippen molar-refractivity contribution >= 4 is 64.9 Å². The van der Waals surface area contributed by atoms with E-state index in [2.05, 4.69) is 36.6 Å². The second-order valence-corrected chi connectivity index (χ2v) is 9.11. The largest absolute Gasteiger partial charge is 0.477 e. The van der Waals surface area contributed by atoms with Gasteiger partial charge in [0.05, 0.1) is 9.47 Å². The molecule has 0 atom stereocenters. The number of anilines is 1. The Morgan fingerprint density at radius 2 is 1.90 bits per heavy atom. The molecule has 0 radical (unpaired) electrons. The molecule has 0 aliphatic carbocycles. The van der Waals surface area contributed by atoms with Crippen molar-refractivity contribution in [1.29, 1.82) is 0 Å². The summed E-state index contributed by atoms with van der Waals surface area (Å²) < 4.78 is 28.1. The van der Waals surface area contributed by atoms with Crippen molar-refractivity contribution in [3.63, 3.8) is 0 Å². The summed E-state index contributed by atoms with van der Waals surface area (Å²) in [5.74, 6) is -1.17. The molecule has 0 aliphatic rings. The topological polar surface area (TPSA) is 83.5 Å². The molecule has 0 aliphatic heterocycles. The Kier molecular flexibility index (Phi) is 4.76. The first-order valence-corrected chi connectivity index (χ1v) is 9.40. The first kappa shape index (κ1) is 16.5. The molecule has 0 unspecified atom stereocenters. The van der Waals surface area contributed by atoms with Crippen LogP contribution < -0.4 is 4.72 Å². The van der Waals surface area contributed by atoms with Crippen LogP contribution in [0.1, 0.15) is 15.2 Å². The summed E-state index contributed by atoms with van der Waals surface area (Å²) >= 11 is 7.24. The molecular weight excluding hydrogens is 446 g/mol. The number of thiophene rings is 1. The molecule has 21 heavy (non-hydrogen) atoms. The molecule has 2 N–H and O–H groups in total. The first-order chi connectivity index (χ1) is 9.69. The number of nitrogens with one attached hydrogen (secondary N) is 1. The lowest BCUT2D eigenvalue weighted by molar-refractivity contribution is 0.0702. The number of hydrogen-bond donors (Lipinski definition) is 2. The normalized spacial score (nSPS) is 11.4. The second-order valence-electron chi connectivity index (χ2n) is 4.18. The third kappa shape index (κ3) is 3.85. The number of carboxylic acid groups (broad SMARTS) is 1. The average molecular weight is 455 g/mol. The van der Waals surface area contributed by atoms with Gasteiger partial charge < -0.3 is 5.11 Å². The van der Waals surface area contributed by atoms with Crippen LogP contribution in [0.25, 0.3) is 0 Å². The van der Waals surface area contributed by atoms with Crippen molar-refractivity contribution in [3.8, 4) is 0 Å². The maximum Gasteiger partial charge on any atom is 0.345 e. The van der Waals surface area contributed by atoms with Crippen molar-refractivity contribution in [2.24, 2.45) is 0 Å². The van der Waals surface area contributed by atoms with Gasteiger partial charge in [-0.3, -0.25) is 4.72 Å². The van der Waals surface area contributed by atoms with E-state index in [-0.39, 0.29) is 13.6 Å². The molecule has 2 aromatic rings. The Morgan fingerprint density at radius 1 is 1.24 bits per heavy atom. The predicted molar refractivity (Wildman–Crippen MR) is 88.7 cm³/mol. The van der Waals surface area contributed by atoms with E-state index in [9.17, 15) is 13.2 Å². The van der Waals surface area contributed by atoms with Gasteiger partial charge in [-0.05, 0) is 52.7 Å². The number of carbonyl (C=O) groups is 1. The van der Waals surface area contributed by atoms with E-state index in [1.165, 1.54) is 0 Å². The number of aryl methyl sites for hydroxylation is 1. The molecule has 2 rings (SSSR count). The lowest BCUT2D eigenvalue weighted by Gasteiger charge is -2.08. The molecule has 1 heterocycles. The zero-order valence-corrected chi connectivity index (χ0v) is 15.4. The Hall–Kier alpha value is -0.900. The van der Waals surface area contributed by atoms with Crippen molar-refractivity contribution in [2.45, 2.75) is 11.8 Å². The molecule has 5 nitrogen and oxygen atoms in total. The van der Waals surface area contributed by atoms with Gasteiger partial charge in [0.2, 0.25) is 0 Å². The monoisotopic (exact) mass is 453 g/mol. The highest BCUT2D eigenvalue weighted by Gasteiger charge is 2.23. The van der Waals surface area contributed by atoms with Gasteiger partial charge in [0.1, 0.15) is 9.77 Å². The van der Waals surface area contributed by atoms with Crippen LogP contribution in [0.5, 0.6) is 0 Å². The zero-order valence-electron chi connectivity index (χ0n) is 10.6. The highest BCUT2D eigenvalue weighted by atomic mass is 79.9. The summed E-state index contributed by atoms with van der Waals surface area (Å²) in [6.45, 7) is 1.84. The number of aromatic carboxylic acids is 1. The van der Waals surface area contributed by atoms with E-state index in [1.807, 2.05) is 13.0 Å². The average Bonchev–Trinajstić information content (AvgIpc) is 2.70. The van der Waals surface area contributed by atoms with E-state index < -0.39 is 16.0 Å². The lowest BCUT2D eigenvalue weighted by atomic mass is 10.2. The maximum atomic E-state index is 12.3. The highest BCUT2D eigenvalue weighted by Crippen LogP contribution is 2.33. The minimum absolute atomic E-state index is 0.0485. The number of halogens is 2. The van der Waals surface area contributed by atoms with Gasteiger partial charge in [-0.25, -0.2) is 13.2 Å². The summed E-state index contributed by atoms with van der Waals surface area (Å²) in [4.78, 5) is 10.8. The Labute approximate surface area is 142 Å². The molecule has 0 saturated carbocycles. The minimum atomic E-state index is -3.86. The SMILES string of the molecule is Cc1cc(Br)cc(NS(=O)(=O)c2cc(C(=O)O)sc2Br)c1. The van der Waals surface area contributed by atoms with Crippen molar-refractivity contribution in [2.75, 3.05) is 4.72 Å². The Balaban J connectivity index is 2.40. The third-order valence-corrected chi connectivity index (χ3v) is 6.53. The van der Waals surface area contributed by atoms with Gasteiger partial charge in [0.25, 0.3) is 10.0 Å². The molecule has 1 aromatic heterocycles. The number of carboxylic acids is 1. The van der Waals surface area contributed by atoms with Crippen LogP contribution in [0.15, 0.2) is 37.4 Å². The van der Waals surface area contributed by atoms with E-state index in [0.29, 0.717) is 5.69 Å². The van der Waals surface area contributed by atoms with Gasteiger partial charge in [-0.2, -0.15) is 0 Å². The van der Waals surface area contributed by atoms with Crippen LogP contribution in [-0.2, 0) is 10.0 Å². The fourth-order valence-electron chi connectivity index (χ4n) is 1.65. The molecular formula is C12H9Br2NO4S2. The molecule has 0 spiro atoms. The molecule has 0 saturated heterocycles. The van der Waals surface area contributed by atoms with Gasteiger partial charge in [0.15, 0.2) is 0 Å². The zero-order chi connectivity index (χ0) is 15.8. The van der Waals surface area contributed by atoms with Crippen LogP contribution in [0.3, 0.4) is 0 Å². The Bertz CT molecular complexity index is 794. The first-order valence-electron chi connectivity index (χ1n) is 5.51. The summed E-state index contributed by atoms with van der Waals surface area (Å²) in [7, 11) is -3.86. The van der Waals surface area contributed by atoms with Crippen LogP contribution in [0.4, 0.5) is 5.69 Å². The molecule has 1 aromatic carbocycles. The lowest BCUT2D eigenvalue weighted by Crippen LogP contribution is -2.12. The van der Waals surface area contributed by atoms with Gasteiger partial charge in [-0.15, -0.1) is 11.3 Å². The number of hydrogen-bond acceptors (Lipinski definition) is 4. The minimum Gasteiger partial charge on any atom is -0.477 e. The van der Waals surface area contributed by atoms with Crippen LogP contribution >= 0.6 is 43.2 Å². The van der Waals surface area contributed by atoms with E-state index >= 15 is 0 Å². The third-order valence-electron chi connectivity index (χ3n) is 2.45. The van der Waals surface area contributed by atoms with Crippen LogP contribution in [-0.4, -0.2) is 19.5 Å². The fourth-order valence-corrected chi connectivity index (χ4v) is 5.70. The van der Waals surface area contributed by atoms with Gasteiger partial charge in [0, 0.05) is 4.47 Å². The molecule has 9 heteroatoms. The van der Waals surface area contributed by atoms with Crippen LogP contribution in [0.2, 0.25) is 0 Å². The highest BCUT2D eigenvalue weighted by molar-refractivity contribution is 9.11. The van der Waals surface area contributed by atoms with E-state index in [4.69, 9.17) is 5.11 Å². The molecule has 0 bridgehead atoms. The predicted octanol–water partition coefficient (Wildman–Crippen LogP) is 4.08. The summed E-state index contributed by atoms with van der Waals surface area (Å²) in [5, 5.41) is 8.92. The fraction of sp³-hybridized carbons (Fsp3) is 0.0833. The van der Waals surface area contributed by atoms with E-state index in [0.717, 1.165) is 27.4 Å². The quantitative estimate of drug-likeness (QED) is 0.728. The second kappa shape index (κ2) is 6.07. The standard InChI is InChI=1S/C12H9Br2NO4S2/c1-6-2-7(13)4-8(3-6)15-21(18,19)10-5-9(12(16)17)20-11(10)14/h2-5,15H,1H3,(H,16,17). The van der Waals surface area contributed by atoms with Crippen molar-refractivity contribution in [3.05, 3.63) is 43.0 Å².